The van der Waals surface area contributed by atoms with Gasteiger partial charge in [0, 0.05) is 38.0 Å². The van der Waals surface area contributed by atoms with Gasteiger partial charge in [0.15, 0.2) is 0 Å². The molecular formula is C23H32N2O2. The molecule has 1 aromatic carbocycles. The Bertz CT molecular complexity index is 640. The molecule has 2 heterocycles. The Kier molecular flexibility index (Phi) is 5.80. The molecule has 146 valence electrons. The van der Waals surface area contributed by atoms with Gasteiger partial charge in [-0.3, -0.25) is 9.59 Å². The second kappa shape index (κ2) is 8.45. The van der Waals surface area contributed by atoms with Crippen molar-refractivity contribution in [3.8, 4) is 0 Å². The van der Waals surface area contributed by atoms with Gasteiger partial charge in [-0.15, -0.1) is 0 Å². The third kappa shape index (κ3) is 4.36. The van der Waals surface area contributed by atoms with Crippen LogP contribution in [0.25, 0.3) is 0 Å². The van der Waals surface area contributed by atoms with Crippen LogP contribution in [-0.2, 0) is 16.0 Å². The quantitative estimate of drug-likeness (QED) is 0.816. The highest BCUT2D eigenvalue weighted by Gasteiger charge is 2.35. The van der Waals surface area contributed by atoms with E-state index in [1.54, 1.807) is 0 Å². The Labute approximate surface area is 162 Å². The van der Waals surface area contributed by atoms with E-state index in [4.69, 9.17) is 0 Å². The van der Waals surface area contributed by atoms with Crippen LogP contribution in [0.15, 0.2) is 30.3 Å². The normalized spacial score (nSPS) is 22.5. The Hall–Kier alpha value is -1.84. The zero-order chi connectivity index (χ0) is 18.6. The zero-order valence-electron chi connectivity index (χ0n) is 16.3. The lowest BCUT2D eigenvalue weighted by Gasteiger charge is -2.39. The summed E-state index contributed by atoms with van der Waals surface area (Å²) >= 11 is 0. The molecule has 2 saturated heterocycles. The molecule has 3 fully saturated rings. The lowest BCUT2D eigenvalue weighted by molar-refractivity contribution is -0.144. The van der Waals surface area contributed by atoms with E-state index < -0.39 is 0 Å². The summed E-state index contributed by atoms with van der Waals surface area (Å²) in [5, 5.41) is 0. The molecule has 27 heavy (non-hydrogen) atoms. The van der Waals surface area contributed by atoms with E-state index >= 15 is 0 Å². The molecule has 0 unspecified atom stereocenters. The van der Waals surface area contributed by atoms with E-state index in [0.29, 0.717) is 17.7 Å². The van der Waals surface area contributed by atoms with Crippen molar-refractivity contribution in [2.45, 2.75) is 51.4 Å². The zero-order valence-corrected chi connectivity index (χ0v) is 16.3. The fraction of sp³-hybridized carbons (Fsp3) is 0.652. The predicted octanol–water partition coefficient (Wildman–Crippen LogP) is 3.51. The van der Waals surface area contributed by atoms with Crippen molar-refractivity contribution < 1.29 is 9.59 Å². The third-order valence-electron chi connectivity index (χ3n) is 6.90. The van der Waals surface area contributed by atoms with Gasteiger partial charge in [-0.2, -0.15) is 0 Å². The number of rotatable bonds is 4. The number of carbonyl (C=O) groups is 2. The number of hydrogen-bond acceptors (Lipinski definition) is 2. The smallest absolute Gasteiger partial charge is 0.225 e. The van der Waals surface area contributed by atoms with Crippen LogP contribution in [-0.4, -0.2) is 47.8 Å². The first-order valence-electron chi connectivity index (χ1n) is 10.8. The standard InChI is InChI=1S/C23H32N2O2/c26-22(20-7-4-8-20)25-15-11-21(12-16-25)23(27)24-13-9-19(10-14-24)17-18-5-2-1-3-6-18/h1-3,5-6,19-21H,4,7-17H2. The molecule has 0 radical (unpaired) electrons. The number of nitrogens with zero attached hydrogens (tertiary/aromatic N) is 2. The van der Waals surface area contributed by atoms with Gasteiger partial charge in [0.1, 0.15) is 0 Å². The second-order valence-electron chi connectivity index (χ2n) is 8.69. The minimum atomic E-state index is 0.126. The maximum absolute atomic E-state index is 12.9. The highest BCUT2D eigenvalue weighted by atomic mass is 16.2. The van der Waals surface area contributed by atoms with Gasteiger partial charge in [0.05, 0.1) is 0 Å². The van der Waals surface area contributed by atoms with Gasteiger partial charge >= 0.3 is 0 Å². The number of piperidine rings is 2. The van der Waals surface area contributed by atoms with Crippen molar-refractivity contribution >= 4 is 11.8 Å². The van der Waals surface area contributed by atoms with Crippen LogP contribution in [0.4, 0.5) is 0 Å². The van der Waals surface area contributed by atoms with E-state index in [1.807, 2.05) is 4.90 Å². The molecule has 0 N–H and O–H groups in total. The van der Waals surface area contributed by atoms with Gasteiger partial charge in [0.2, 0.25) is 11.8 Å². The summed E-state index contributed by atoms with van der Waals surface area (Å²) < 4.78 is 0. The molecule has 0 bridgehead atoms. The lowest BCUT2D eigenvalue weighted by atomic mass is 9.83. The first-order valence-corrected chi connectivity index (χ1v) is 10.8. The maximum atomic E-state index is 12.9. The Balaban J connectivity index is 1.21. The van der Waals surface area contributed by atoms with Crippen LogP contribution >= 0.6 is 0 Å². The molecule has 2 aliphatic heterocycles. The molecule has 4 nitrogen and oxygen atoms in total. The van der Waals surface area contributed by atoms with Crippen molar-refractivity contribution in [3.63, 3.8) is 0 Å². The Morgan fingerprint density at radius 2 is 1.26 bits per heavy atom. The summed E-state index contributed by atoms with van der Waals surface area (Å²) in [6, 6.07) is 10.7. The largest absolute Gasteiger partial charge is 0.342 e. The summed E-state index contributed by atoms with van der Waals surface area (Å²) in [6.07, 6.45) is 8.38. The molecule has 2 amide bonds. The third-order valence-corrected chi connectivity index (χ3v) is 6.90. The van der Waals surface area contributed by atoms with Crippen molar-refractivity contribution in [3.05, 3.63) is 35.9 Å². The van der Waals surface area contributed by atoms with Crippen LogP contribution in [0.2, 0.25) is 0 Å². The monoisotopic (exact) mass is 368 g/mol. The SMILES string of the molecule is O=C(C1CCN(C(=O)C2CCC2)CC1)N1CCC(Cc2ccccc2)CC1. The number of likely N-dealkylation sites (tertiary alicyclic amines) is 2. The molecule has 0 spiro atoms. The van der Waals surface area contributed by atoms with Crippen molar-refractivity contribution in [1.82, 2.24) is 9.80 Å². The summed E-state index contributed by atoms with van der Waals surface area (Å²) in [5.74, 6) is 1.78. The van der Waals surface area contributed by atoms with Gasteiger partial charge in [-0.05, 0) is 56.4 Å². The summed E-state index contributed by atoms with van der Waals surface area (Å²) in [4.78, 5) is 29.4. The average molecular weight is 369 g/mol. The Morgan fingerprint density at radius 1 is 0.741 bits per heavy atom. The second-order valence-corrected chi connectivity index (χ2v) is 8.69. The molecule has 1 saturated carbocycles. The maximum Gasteiger partial charge on any atom is 0.225 e. The van der Waals surface area contributed by atoms with Crippen molar-refractivity contribution in [1.29, 1.82) is 0 Å². The average Bonchev–Trinajstić information content (AvgIpc) is 2.68. The first kappa shape index (κ1) is 18.5. The number of carbonyl (C=O) groups excluding carboxylic acids is 2. The molecule has 4 rings (SSSR count). The number of hydrogen-bond donors (Lipinski definition) is 0. The fourth-order valence-corrected chi connectivity index (χ4v) is 4.82. The van der Waals surface area contributed by atoms with E-state index in [1.165, 1.54) is 12.0 Å². The topological polar surface area (TPSA) is 40.6 Å². The highest BCUT2D eigenvalue weighted by molar-refractivity contribution is 5.81. The minimum absolute atomic E-state index is 0.126. The van der Waals surface area contributed by atoms with E-state index in [2.05, 4.69) is 35.2 Å². The predicted molar refractivity (Wildman–Crippen MR) is 106 cm³/mol. The molecule has 1 aliphatic carbocycles. The van der Waals surface area contributed by atoms with Gasteiger partial charge in [-0.1, -0.05) is 36.8 Å². The fourth-order valence-electron chi connectivity index (χ4n) is 4.82. The van der Waals surface area contributed by atoms with Crippen LogP contribution in [0.3, 0.4) is 0 Å². The van der Waals surface area contributed by atoms with E-state index in [0.717, 1.165) is 71.1 Å². The molecule has 0 aromatic heterocycles. The van der Waals surface area contributed by atoms with Gasteiger partial charge in [-0.25, -0.2) is 0 Å². The molecule has 4 heteroatoms. The van der Waals surface area contributed by atoms with E-state index in [-0.39, 0.29) is 11.8 Å². The summed E-state index contributed by atoms with van der Waals surface area (Å²) in [5.41, 5.74) is 1.41. The molecule has 0 atom stereocenters. The van der Waals surface area contributed by atoms with Crippen LogP contribution in [0.1, 0.15) is 50.5 Å². The molecular weight excluding hydrogens is 336 g/mol. The summed E-state index contributed by atoms with van der Waals surface area (Å²) in [7, 11) is 0. The number of benzene rings is 1. The molecule has 3 aliphatic rings. The van der Waals surface area contributed by atoms with Crippen LogP contribution in [0, 0.1) is 17.8 Å². The van der Waals surface area contributed by atoms with Crippen LogP contribution < -0.4 is 0 Å². The lowest BCUT2D eigenvalue weighted by Crippen LogP contribution is -2.48. The van der Waals surface area contributed by atoms with Gasteiger partial charge < -0.3 is 9.80 Å². The van der Waals surface area contributed by atoms with Crippen molar-refractivity contribution in [2.24, 2.45) is 17.8 Å². The minimum Gasteiger partial charge on any atom is -0.342 e. The first-order chi connectivity index (χ1) is 13.2. The van der Waals surface area contributed by atoms with E-state index in [9.17, 15) is 9.59 Å². The highest BCUT2D eigenvalue weighted by Crippen LogP contribution is 2.31. The molecule has 1 aromatic rings. The van der Waals surface area contributed by atoms with Crippen molar-refractivity contribution in [2.75, 3.05) is 26.2 Å². The van der Waals surface area contributed by atoms with Gasteiger partial charge in [0.25, 0.3) is 0 Å². The Morgan fingerprint density at radius 3 is 1.78 bits per heavy atom. The van der Waals surface area contributed by atoms with Crippen LogP contribution in [0.5, 0.6) is 0 Å². The summed E-state index contributed by atoms with van der Waals surface area (Å²) in [6.45, 7) is 3.35. The number of amides is 2.